The zero-order chi connectivity index (χ0) is 7.98. The van der Waals surface area contributed by atoms with E-state index < -0.39 is 0 Å². The Morgan fingerprint density at radius 1 is 1.20 bits per heavy atom. The molecule has 0 amide bonds. The molecule has 0 bridgehead atoms. The summed E-state index contributed by atoms with van der Waals surface area (Å²) >= 11 is 0. The van der Waals surface area contributed by atoms with Gasteiger partial charge in [0.15, 0.2) is 0 Å². The second kappa shape index (κ2) is 5.11. The fraction of sp³-hybridized carbons (Fsp3) is 0.714. The highest BCUT2D eigenvalue weighted by Crippen LogP contribution is 1.99. The average Bonchev–Trinajstić information content (AvgIpc) is 1.99. The molecule has 0 aromatic carbocycles. The summed E-state index contributed by atoms with van der Waals surface area (Å²) in [5.41, 5.74) is 0. The average molecular weight is 146 g/mol. The Kier molecular flexibility index (Phi) is 4.76. The highest BCUT2D eigenvalue weighted by Gasteiger charge is 1.98. The SMILES string of the molecule is COC(=CC(C)OC)OC. The van der Waals surface area contributed by atoms with Gasteiger partial charge < -0.3 is 14.2 Å². The minimum Gasteiger partial charge on any atom is -0.469 e. The molecule has 0 aromatic heterocycles. The van der Waals surface area contributed by atoms with E-state index in [9.17, 15) is 0 Å². The van der Waals surface area contributed by atoms with Crippen LogP contribution in [-0.4, -0.2) is 27.4 Å². The Balaban J connectivity index is 3.83. The van der Waals surface area contributed by atoms with Crippen LogP contribution in [0.3, 0.4) is 0 Å². The van der Waals surface area contributed by atoms with E-state index >= 15 is 0 Å². The van der Waals surface area contributed by atoms with Crippen molar-refractivity contribution in [3.8, 4) is 0 Å². The van der Waals surface area contributed by atoms with E-state index in [-0.39, 0.29) is 6.10 Å². The van der Waals surface area contributed by atoms with E-state index in [0.717, 1.165) is 0 Å². The normalized spacial score (nSPS) is 12.0. The molecule has 0 aliphatic carbocycles. The number of hydrogen-bond acceptors (Lipinski definition) is 3. The van der Waals surface area contributed by atoms with Crippen molar-refractivity contribution in [3.05, 3.63) is 12.0 Å². The third-order valence-corrected chi connectivity index (χ3v) is 1.14. The summed E-state index contributed by atoms with van der Waals surface area (Å²) in [6.07, 6.45) is 1.77. The van der Waals surface area contributed by atoms with Crippen LogP contribution in [0, 0.1) is 0 Å². The Morgan fingerprint density at radius 3 is 2.00 bits per heavy atom. The predicted octanol–water partition coefficient (Wildman–Crippen LogP) is 1.16. The van der Waals surface area contributed by atoms with Crippen molar-refractivity contribution in [3.63, 3.8) is 0 Å². The maximum atomic E-state index is 4.95. The molecule has 0 aliphatic heterocycles. The van der Waals surface area contributed by atoms with Crippen molar-refractivity contribution in [1.82, 2.24) is 0 Å². The van der Waals surface area contributed by atoms with Crippen LogP contribution in [0.2, 0.25) is 0 Å². The maximum absolute atomic E-state index is 4.95. The third-order valence-electron chi connectivity index (χ3n) is 1.14. The fourth-order valence-electron chi connectivity index (χ4n) is 0.479. The molecule has 0 N–H and O–H groups in total. The van der Waals surface area contributed by atoms with Crippen LogP contribution in [0.25, 0.3) is 0 Å². The van der Waals surface area contributed by atoms with Crippen molar-refractivity contribution in [2.24, 2.45) is 0 Å². The lowest BCUT2D eigenvalue weighted by Gasteiger charge is -2.06. The lowest BCUT2D eigenvalue weighted by atomic mass is 10.4. The van der Waals surface area contributed by atoms with Gasteiger partial charge >= 0.3 is 0 Å². The molecule has 3 heteroatoms. The van der Waals surface area contributed by atoms with Gasteiger partial charge in [0.05, 0.1) is 20.3 Å². The van der Waals surface area contributed by atoms with Gasteiger partial charge in [-0.05, 0) is 6.92 Å². The van der Waals surface area contributed by atoms with Crippen molar-refractivity contribution >= 4 is 0 Å². The van der Waals surface area contributed by atoms with Crippen molar-refractivity contribution in [2.45, 2.75) is 13.0 Å². The first-order chi connectivity index (χ1) is 4.74. The van der Waals surface area contributed by atoms with E-state index in [1.807, 2.05) is 6.92 Å². The number of rotatable bonds is 4. The highest BCUT2D eigenvalue weighted by molar-refractivity contribution is 4.88. The number of methoxy groups -OCH3 is 3. The summed E-state index contributed by atoms with van der Waals surface area (Å²) in [5.74, 6) is 0.481. The van der Waals surface area contributed by atoms with Crippen LogP contribution < -0.4 is 0 Å². The van der Waals surface area contributed by atoms with E-state index in [4.69, 9.17) is 14.2 Å². The number of hydrogen-bond donors (Lipinski definition) is 0. The van der Waals surface area contributed by atoms with Crippen LogP contribution >= 0.6 is 0 Å². The molecule has 60 valence electrons. The van der Waals surface area contributed by atoms with Gasteiger partial charge in [0, 0.05) is 13.2 Å². The Bertz CT molecular complexity index is 103. The Morgan fingerprint density at radius 2 is 1.70 bits per heavy atom. The molecule has 1 atom stereocenters. The molecular formula is C7H14O3. The first kappa shape index (κ1) is 9.30. The molecule has 0 radical (unpaired) electrons. The lowest BCUT2D eigenvalue weighted by molar-refractivity contribution is 0.0809. The van der Waals surface area contributed by atoms with Crippen LogP contribution in [0.4, 0.5) is 0 Å². The minimum absolute atomic E-state index is 0.0231. The molecule has 0 heterocycles. The minimum atomic E-state index is 0.0231. The summed E-state index contributed by atoms with van der Waals surface area (Å²) in [6, 6.07) is 0. The van der Waals surface area contributed by atoms with Crippen LogP contribution in [-0.2, 0) is 14.2 Å². The molecule has 1 unspecified atom stereocenters. The standard InChI is InChI=1S/C7H14O3/c1-6(8-2)5-7(9-3)10-4/h5-6H,1-4H3. The van der Waals surface area contributed by atoms with Crippen molar-refractivity contribution in [1.29, 1.82) is 0 Å². The quantitative estimate of drug-likeness (QED) is 0.557. The molecule has 10 heavy (non-hydrogen) atoms. The van der Waals surface area contributed by atoms with Crippen LogP contribution in [0.15, 0.2) is 12.0 Å². The first-order valence-corrected chi connectivity index (χ1v) is 3.07. The van der Waals surface area contributed by atoms with Gasteiger partial charge in [0.1, 0.15) is 0 Å². The molecule has 0 rings (SSSR count). The largest absolute Gasteiger partial charge is 0.469 e. The summed E-state index contributed by atoms with van der Waals surface area (Å²) in [6.45, 7) is 1.90. The zero-order valence-corrected chi connectivity index (χ0v) is 6.88. The summed E-state index contributed by atoms with van der Waals surface area (Å²) in [7, 11) is 4.74. The van der Waals surface area contributed by atoms with E-state index in [0.29, 0.717) is 5.95 Å². The topological polar surface area (TPSA) is 27.7 Å². The third kappa shape index (κ3) is 3.35. The van der Waals surface area contributed by atoms with Crippen molar-refractivity contribution in [2.75, 3.05) is 21.3 Å². The smallest absolute Gasteiger partial charge is 0.276 e. The Labute approximate surface area is 61.6 Å². The monoisotopic (exact) mass is 146 g/mol. The zero-order valence-electron chi connectivity index (χ0n) is 6.88. The van der Waals surface area contributed by atoms with Crippen LogP contribution in [0.5, 0.6) is 0 Å². The maximum Gasteiger partial charge on any atom is 0.276 e. The lowest BCUT2D eigenvalue weighted by Crippen LogP contribution is -2.03. The van der Waals surface area contributed by atoms with Gasteiger partial charge in [0.25, 0.3) is 5.95 Å². The van der Waals surface area contributed by atoms with Crippen molar-refractivity contribution < 1.29 is 14.2 Å². The van der Waals surface area contributed by atoms with Gasteiger partial charge in [-0.25, -0.2) is 0 Å². The Hall–Kier alpha value is -0.700. The molecule has 0 aromatic rings. The van der Waals surface area contributed by atoms with E-state index in [1.165, 1.54) is 0 Å². The van der Waals surface area contributed by atoms with E-state index in [1.54, 1.807) is 27.4 Å². The molecular weight excluding hydrogens is 132 g/mol. The summed E-state index contributed by atoms with van der Waals surface area (Å²) in [5, 5.41) is 0. The first-order valence-electron chi connectivity index (χ1n) is 3.07. The molecule has 0 fully saturated rings. The number of ether oxygens (including phenoxy) is 3. The second-order valence-corrected chi connectivity index (χ2v) is 1.83. The van der Waals surface area contributed by atoms with Gasteiger partial charge in [-0.15, -0.1) is 0 Å². The van der Waals surface area contributed by atoms with E-state index in [2.05, 4.69) is 0 Å². The molecule has 0 saturated heterocycles. The van der Waals surface area contributed by atoms with Gasteiger partial charge in [0.2, 0.25) is 0 Å². The molecule has 3 nitrogen and oxygen atoms in total. The predicted molar refractivity (Wildman–Crippen MR) is 38.6 cm³/mol. The highest BCUT2D eigenvalue weighted by atomic mass is 16.7. The fourth-order valence-corrected chi connectivity index (χ4v) is 0.479. The van der Waals surface area contributed by atoms with Crippen LogP contribution in [0.1, 0.15) is 6.92 Å². The van der Waals surface area contributed by atoms with Gasteiger partial charge in [-0.1, -0.05) is 0 Å². The summed E-state index contributed by atoms with van der Waals surface area (Å²) < 4.78 is 14.6. The summed E-state index contributed by atoms with van der Waals surface area (Å²) in [4.78, 5) is 0. The second-order valence-electron chi connectivity index (χ2n) is 1.83. The van der Waals surface area contributed by atoms with Gasteiger partial charge in [-0.2, -0.15) is 0 Å². The molecule has 0 saturated carbocycles. The van der Waals surface area contributed by atoms with Gasteiger partial charge in [-0.3, -0.25) is 0 Å². The molecule has 0 aliphatic rings. The molecule has 0 spiro atoms.